The molecule has 0 fully saturated rings. The average Bonchev–Trinajstić information content (AvgIpc) is 3.53. The van der Waals surface area contributed by atoms with Crippen molar-refractivity contribution in [2.45, 2.75) is 24.0 Å². The summed E-state index contributed by atoms with van der Waals surface area (Å²) in [4.78, 5) is 20.3. The second-order valence-corrected chi connectivity index (χ2v) is 10.6. The fourth-order valence-corrected chi connectivity index (χ4v) is 4.52. The molecule has 3 heterocycles. The third-order valence-electron chi connectivity index (χ3n) is 5.39. The lowest BCUT2D eigenvalue weighted by molar-refractivity contribution is 0.209. The molecule has 0 saturated carbocycles. The highest BCUT2D eigenvalue weighted by Crippen LogP contribution is 2.33. The largest absolute Gasteiger partial charge is 0.411 e. The minimum Gasteiger partial charge on any atom is -0.389 e. The number of benzene rings is 2. The summed E-state index contributed by atoms with van der Waals surface area (Å²) in [7, 11) is -3.42. The topological polar surface area (TPSA) is 180 Å². The number of ether oxygens (including phenoxy) is 1. The van der Waals surface area contributed by atoms with Gasteiger partial charge in [0.1, 0.15) is 16.7 Å². The van der Waals surface area contributed by atoms with Gasteiger partial charge in [0.05, 0.1) is 22.0 Å². The van der Waals surface area contributed by atoms with Crippen molar-refractivity contribution in [2.75, 3.05) is 0 Å². The summed E-state index contributed by atoms with van der Waals surface area (Å²) in [5, 5.41) is 14.2. The fraction of sp³-hybridized carbons (Fsp3) is 0.130. The summed E-state index contributed by atoms with van der Waals surface area (Å²) < 4.78 is 35.4. The van der Waals surface area contributed by atoms with Gasteiger partial charge in [0.2, 0.25) is 0 Å². The maximum absolute atomic E-state index is 12.4. The maximum Gasteiger partial charge on any atom is 0.411 e. The number of fused-ring (bicyclic) bond motifs is 1. The van der Waals surface area contributed by atoms with E-state index in [2.05, 4.69) is 30.5 Å². The van der Waals surface area contributed by atoms with E-state index in [-0.39, 0.29) is 22.2 Å². The summed E-state index contributed by atoms with van der Waals surface area (Å²) in [5.41, 5.74) is 8.81. The molecule has 0 aliphatic heterocycles. The predicted molar refractivity (Wildman–Crippen MR) is 128 cm³/mol. The minimum absolute atomic E-state index is 0.0893. The molecule has 3 aromatic heterocycles. The van der Waals surface area contributed by atoms with Gasteiger partial charge in [-0.3, -0.25) is 0 Å². The van der Waals surface area contributed by atoms with Gasteiger partial charge in [0.25, 0.3) is 5.88 Å². The molecule has 36 heavy (non-hydrogen) atoms. The Labute approximate surface area is 204 Å². The van der Waals surface area contributed by atoms with E-state index in [9.17, 15) is 13.2 Å². The standard InChI is InChI=1S/C23H19N7O5S/c1-12(2)36(32,33)15-6-3-13(4-7-15)19-11-25-22(34-23(24)31)21(26-19)20-10-17(29-35-20)14-5-8-16-18(9-14)28-30-27-16/h3-12H,1-2H3,(H2,24,31)(H,27,28,30). The number of primary amides is 1. The van der Waals surface area contributed by atoms with Crippen LogP contribution < -0.4 is 10.5 Å². The van der Waals surface area contributed by atoms with E-state index in [4.69, 9.17) is 15.0 Å². The SMILES string of the molecule is CC(C)S(=O)(=O)c1ccc(-c2cnc(OC(N)=O)c(-c3cc(-c4ccc5n[nH]nc5c4)no3)n2)cc1. The molecule has 0 atom stereocenters. The van der Waals surface area contributed by atoms with Gasteiger partial charge in [-0.2, -0.15) is 15.4 Å². The Morgan fingerprint density at radius 1 is 1.00 bits per heavy atom. The van der Waals surface area contributed by atoms with Crippen LogP contribution in [0, 0.1) is 0 Å². The first-order chi connectivity index (χ1) is 17.2. The van der Waals surface area contributed by atoms with Crippen molar-refractivity contribution >= 4 is 27.0 Å². The van der Waals surface area contributed by atoms with Crippen LogP contribution in [0.3, 0.4) is 0 Å². The summed E-state index contributed by atoms with van der Waals surface area (Å²) in [6.07, 6.45) is 0.307. The van der Waals surface area contributed by atoms with E-state index in [0.717, 1.165) is 5.56 Å². The van der Waals surface area contributed by atoms with E-state index in [1.807, 2.05) is 6.07 Å². The molecule has 5 rings (SSSR count). The zero-order valence-corrected chi connectivity index (χ0v) is 19.9. The molecule has 0 spiro atoms. The molecule has 0 bridgehead atoms. The van der Waals surface area contributed by atoms with Crippen molar-refractivity contribution in [1.82, 2.24) is 30.5 Å². The lowest BCUT2D eigenvalue weighted by Gasteiger charge is -2.09. The number of amides is 1. The fourth-order valence-electron chi connectivity index (χ4n) is 3.46. The van der Waals surface area contributed by atoms with E-state index in [0.29, 0.717) is 28.0 Å². The molecule has 1 amide bonds. The van der Waals surface area contributed by atoms with Gasteiger partial charge in [-0.05, 0) is 38.1 Å². The molecule has 5 aromatic rings. The Morgan fingerprint density at radius 2 is 1.72 bits per heavy atom. The molecule has 0 unspecified atom stereocenters. The first kappa shape index (κ1) is 23.1. The Hall–Kier alpha value is -4.65. The van der Waals surface area contributed by atoms with Crippen LogP contribution in [0.15, 0.2) is 64.1 Å². The lowest BCUT2D eigenvalue weighted by atomic mass is 10.1. The quantitative estimate of drug-likeness (QED) is 0.347. The monoisotopic (exact) mass is 505 g/mol. The summed E-state index contributed by atoms with van der Waals surface area (Å²) >= 11 is 0. The third-order valence-corrected chi connectivity index (χ3v) is 7.56. The molecule has 182 valence electrons. The molecule has 13 heteroatoms. The highest BCUT2D eigenvalue weighted by molar-refractivity contribution is 7.92. The van der Waals surface area contributed by atoms with Gasteiger partial charge >= 0.3 is 6.09 Å². The van der Waals surface area contributed by atoms with Gasteiger partial charge in [-0.1, -0.05) is 23.4 Å². The van der Waals surface area contributed by atoms with Gasteiger partial charge in [0, 0.05) is 17.2 Å². The van der Waals surface area contributed by atoms with Crippen LogP contribution in [-0.2, 0) is 9.84 Å². The average molecular weight is 506 g/mol. The van der Waals surface area contributed by atoms with Crippen molar-refractivity contribution < 1.29 is 22.5 Å². The van der Waals surface area contributed by atoms with Crippen molar-refractivity contribution in [3.8, 4) is 39.8 Å². The number of carbonyl (C=O) groups is 1. The summed E-state index contributed by atoms with van der Waals surface area (Å²) in [6.45, 7) is 3.24. The van der Waals surface area contributed by atoms with Gasteiger partial charge in [-0.25, -0.2) is 23.2 Å². The second-order valence-electron chi connectivity index (χ2n) is 8.05. The smallest absolute Gasteiger partial charge is 0.389 e. The molecule has 0 radical (unpaired) electrons. The number of aromatic nitrogens is 6. The van der Waals surface area contributed by atoms with Gasteiger partial charge in [-0.15, -0.1) is 0 Å². The molecular weight excluding hydrogens is 486 g/mol. The van der Waals surface area contributed by atoms with Crippen LogP contribution in [0.5, 0.6) is 5.88 Å². The third kappa shape index (κ3) is 4.27. The van der Waals surface area contributed by atoms with Crippen LogP contribution in [0.4, 0.5) is 4.79 Å². The van der Waals surface area contributed by atoms with Crippen LogP contribution in [0.2, 0.25) is 0 Å². The Kier molecular flexibility index (Phi) is 5.68. The number of carbonyl (C=O) groups excluding carboxylic acids is 1. The van der Waals surface area contributed by atoms with E-state index < -0.39 is 21.2 Å². The van der Waals surface area contributed by atoms with Crippen LogP contribution >= 0.6 is 0 Å². The van der Waals surface area contributed by atoms with Gasteiger partial charge < -0.3 is 15.0 Å². The molecule has 3 N–H and O–H groups in total. The first-order valence-electron chi connectivity index (χ1n) is 10.7. The highest BCUT2D eigenvalue weighted by atomic mass is 32.2. The number of aromatic amines is 1. The van der Waals surface area contributed by atoms with E-state index >= 15 is 0 Å². The predicted octanol–water partition coefficient (Wildman–Crippen LogP) is 3.38. The Balaban J connectivity index is 1.54. The number of sulfone groups is 1. The zero-order valence-electron chi connectivity index (χ0n) is 19.0. The van der Waals surface area contributed by atoms with Crippen molar-refractivity contribution in [3.63, 3.8) is 0 Å². The van der Waals surface area contributed by atoms with Crippen molar-refractivity contribution in [2.24, 2.45) is 5.73 Å². The number of nitrogens with zero attached hydrogens (tertiary/aromatic N) is 5. The van der Waals surface area contributed by atoms with Crippen LogP contribution in [0.25, 0.3) is 45.0 Å². The normalized spacial score (nSPS) is 11.8. The molecular formula is C23H19N7O5S. The minimum atomic E-state index is -3.42. The zero-order chi connectivity index (χ0) is 25.4. The molecule has 0 aliphatic carbocycles. The van der Waals surface area contributed by atoms with Crippen molar-refractivity contribution in [1.29, 1.82) is 0 Å². The first-order valence-corrected chi connectivity index (χ1v) is 12.2. The van der Waals surface area contributed by atoms with Crippen LogP contribution in [0.1, 0.15) is 13.8 Å². The van der Waals surface area contributed by atoms with E-state index in [1.165, 1.54) is 18.3 Å². The number of nitrogens with two attached hydrogens (primary N) is 1. The molecule has 0 saturated heterocycles. The Morgan fingerprint density at radius 3 is 2.44 bits per heavy atom. The molecule has 12 nitrogen and oxygen atoms in total. The number of nitrogens with one attached hydrogen (secondary N) is 1. The summed E-state index contributed by atoms with van der Waals surface area (Å²) in [6, 6.07) is 13.2. The van der Waals surface area contributed by atoms with E-state index in [1.54, 1.807) is 44.2 Å². The number of hydrogen-bond acceptors (Lipinski definition) is 10. The second kappa shape index (κ2) is 8.85. The Bertz CT molecular complexity index is 1690. The number of H-pyrrole nitrogens is 1. The summed E-state index contributed by atoms with van der Waals surface area (Å²) in [5.74, 6) is 0.00904. The molecule has 0 aliphatic rings. The highest BCUT2D eigenvalue weighted by Gasteiger charge is 2.21. The van der Waals surface area contributed by atoms with Crippen LogP contribution in [-0.4, -0.2) is 50.3 Å². The number of rotatable bonds is 6. The lowest BCUT2D eigenvalue weighted by Crippen LogP contribution is -2.17. The molecule has 2 aromatic carbocycles. The maximum atomic E-state index is 12.4. The van der Waals surface area contributed by atoms with Crippen molar-refractivity contribution in [3.05, 3.63) is 54.7 Å². The number of hydrogen-bond donors (Lipinski definition) is 2. The van der Waals surface area contributed by atoms with Gasteiger partial charge in [0.15, 0.2) is 21.3 Å².